The molecule has 0 spiro atoms. The molecule has 0 radical (unpaired) electrons. The van der Waals surface area contributed by atoms with Crippen LogP contribution in [-0.4, -0.2) is 364 Å². The van der Waals surface area contributed by atoms with Gasteiger partial charge in [0.15, 0.2) is 98.0 Å². The van der Waals surface area contributed by atoms with E-state index in [4.69, 9.17) is 126 Å². The summed E-state index contributed by atoms with van der Waals surface area (Å²) in [5.41, 5.74) is 0. The molecule has 0 aliphatic carbocycles. The second-order valence-corrected chi connectivity index (χ2v) is 29.4. The summed E-state index contributed by atoms with van der Waals surface area (Å²) < 4.78 is 352. The zero-order valence-electron chi connectivity index (χ0n) is 59.3. The van der Waals surface area contributed by atoms with E-state index in [-0.39, 0.29) is 13.2 Å². The number of methoxy groups -OCH3 is 12. The van der Waals surface area contributed by atoms with Gasteiger partial charge in [0.1, 0.15) is 133 Å². The van der Waals surface area contributed by atoms with Crippen molar-refractivity contribution in [1.29, 1.82) is 0 Å². The normalized spacial score (nSPS) is 37.8. The Morgan fingerprint density at radius 1 is 0.297 bits per heavy atom. The number of rotatable bonds is 51. The van der Waals surface area contributed by atoms with Gasteiger partial charge in [-0.25, -0.2) is 37.9 Å². The van der Waals surface area contributed by atoms with Gasteiger partial charge in [-0.05, 0) is 0 Å². The smallest absolute Gasteiger partial charge is 0.218 e. The van der Waals surface area contributed by atoms with Crippen LogP contribution in [0, 0.1) is 0 Å². The fraction of sp³-hybridized carbons (Fsp3) is 1.00. The molecule has 656 valence electrons. The lowest BCUT2D eigenvalue weighted by Crippen LogP contribution is -2.69. The minimum Gasteiger partial charge on any atom is -0.726 e. The fourth-order valence-electron chi connectivity index (χ4n) is 12.5. The summed E-state index contributed by atoms with van der Waals surface area (Å²) in [5, 5.41) is 54.8. The molecule has 111 heavy (non-hydrogen) atoms. The number of hydrogen-bond donors (Lipinski definition) is 0. The summed E-state index contributed by atoms with van der Waals surface area (Å²) in [5.74, 6) is 0. The molecule has 6 heterocycles. The van der Waals surface area contributed by atoms with E-state index in [1.165, 1.54) is 71.1 Å². The molecule has 55 nitrogen and oxygen atoms in total. The third-order valence-electron chi connectivity index (χ3n) is 16.7. The van der Waals surface area contributed by atoms with E-state index < -0.39 is 299 Å². The van der Waals surface area contributed by atoms with Gasteiger partial charge in [0.2, 0.25) is 41.6 Å². The van der Waals surface area contributed by atoms with Crippen molar-refractivity contribution in [2.45, 2.75) is 183 Å². The fourth-order valence-corrected chi connectivity index (χ4v) is 16.0. The first-order valence-corrected chi connectivity index (χ1v) is 39.4. The van der Waals surface area contributed by atoms with E-state index in [0.717, 1.165) is 14.2 Å². The largest absolute Gasteiger partial charge is 0.726 e. The van der Waals surface area contributed by atoms with Crippen molar-refractivity contribution in [3.8, 4) is 0 Å². The van der Waals surface area contributed by atoms with Gasteiger partial charge in [0.05, 0.1) is 39.6 Å². The Bertz CT molecular complexity index is 3150. The first-order valence-electron chi connectivity index (χ1n) is 30.9. The molecule has 0 N–H and O–H groups in total. The van der Waals surface area contributed by atoms with Crippen molar-refractivity contribution in [3.05, 3.63) is 0 Å². The van der Waals surface area contributed by atoms with E-state index in [9.17, 15) is 77.1 Å². The second kappa shape index (κ2) is 48.0. The summed E-state index contributed by atoms with van der Waals surface area (Å²) in [6.45, 7) is -5.56. The molecular weight excluding hydrogens is 1710 g/mol. The Hall–Kier alpha value is -0.840. The molecule has 6 aliphatic rings. The average molecular weight is 1790 g/mol. The maximum Gasteiger partial charge on any atom is 0.218 e. The Balaban J connectivity index is 1.41. The second-order valence-electron chi connectivity index (χ2n) is 22.7. The molecule has 6 fully saturated rings. The molecule has 0 aromatic heterocycles. The van der Waals surface area contributed by atoms with Gasteiger partial charge in [-0.3, -0.25) is 49.4 Å². The molecule has 0 aromatic carbocycles. The molecule has 63 heteroatoms. The SMILES string of the molecule is COCC1O[C@@H](O[C@H]2C(OC)C(OC)[C@@H](O[C@H]3C(OC)C(OC)[C@H](OC)O[C@H]3COC)O[C@H]2COC)[C@@H](OC)C(OC)[C@@H]1O[C@@H]1OC(COS(=O)(=O)[O-])[C@@H](O[C@@H]2O[C@@H](COS(=O)(=O)[O-])[C@@H](O[C@H]3O[C@@H](COS(=O)(=O)[O-])[C@@H](S(=O)OO[O-])C(OSOO[O-])C3OSOO[O-])C(OSOO[O-])C2OS(=O)(=O)[O-])C(OC)[C@@H]1OC. The van der Waals surface area contributed by atoms with E-state index >= 15 is 0 Å². The highest BCUT2D eigenvalue weighted by atomic mass is 32.3. The monoisotopic (exact) mass is 1790 g/mol. The van der Waals surface area contributed by atoms with Gasteiger partial charge in [0.25, 0.3) is 0 Å². The van der Waals surface area contributed by atoms with Gasteiger partial charge in [-0.2, -0.15) is 0 Å². The van der Waals surface area contributed by atoms with Crippen LogP contribution in [-0.2, 0) is 228 Å². The predicted molar refractivity (Wildman–Crippen MR) is 325 cm³/mol. The van der Waals surface area contributed by atoms with Crippen LogP contribution in [0.15, 0.2) is 0 Å². The summed E-state index contributed by atoms with van der Waals surface area (Å²) in [6, 6.07) is 0. The maximum absolute atomic E-state index is 13.5. The summed E-state index contributed by atoms with van der Waals surface area (Å²) >= 11 is -5.08. The average Bonchev–Trinajstić information content (AvgIpc) is 0.761. The summed E-state index contributed by atoms with van der Waals surface area (Å²) in [6.07, 6.45) is -52.0. The minimum absolute atomic E-state index is 0.0209. The van der Waals surface area contributed by atoms with Crippen LogP contribution in [0.3, 0.4) is 0 Å². The molecule has 0 saturated carbocycles. The third-order valence-corrected chi connectivity index (χ3v) is 20.9. The first-order chi connectivity index (χ1) is 52.8. The standard InChI is InChI=1S/C48H86O55S8/c1-66-13-19-25(30(69-4)36(73-8)43(77-12)81-19)87-44-37(74-9)31(70-5)26(20(82-44)14-67-2)88-45-38(75-10)32(71-6)27(21(83-45)15-68-3)89-46-39(76-11)33(72-7)28(22(84-46)16-78-108(54,55)56)90-48-41(95-111(63,64)65)34(92-104-100-96-49)29(23(85-48)17-79-109(57,58)59)91-47-40(94-106-102-98-51)35(93-105-101-97-50)42(107(53)103-99-52)24(86-47)18-80-110(60,61)62/h19-52H,13-18H2,1-12H3,(H,54,55,56)(H,57,58,59)(H,60,61,62)(H,63,64,65)/p-8/t19-,20-,21?,22?,23-,24-,25+,26+,27+,28+,29+,30?,31?,32?,33?,34?,35?,36?,37?,38-,39-,40?,41?,42+,43+,44+,45-,46-,47+,48-,107?/m0/s1. The highest BCUT2D eigenvalue weighted by molar-refractivity contribution is 7.90. The summed E-state index contributed by atoms with van der Waals surface area (Å²) in [7, 11) is -8.67. The zero-order chi connectivity index (χ0) is 82.1. The van der Waals surface area contributed by atoms with E-state index in [1.807, 2.05) is 0 Å². The van der Waals surface area contributed by atoms with Crippen LogP contribution in [0.1, 0.15) is 0 Å². The molecule has 6 aliphatic heterocycles. The topological polar surface area (TPSA) is 689 Å². The first kappa shape index (κ1) is 99.0. The molecule has 0 amide bonds. The zero-order valence-corrected chi connectivity index (χ0v) is 65.8. The van der Waals surface area contributed by atoms with Gasteiger partial charge < -0.3 is 148 Å². The van der Waals surface area contributed by atoms with Crippen LogP contribution in [0.5, 0.6) is 0 Å². The minimum atomic E-state index is -6.34. The van der Waals surface area contributed by atoms with Gasteiger partial charge in [-0.15, -0.1) is 17.3 Å². The number of ether oxygens (including phenoxy) is 23. The van der Waals surface area contributed by atoms with Crippen molar-refractivity contribution in [1.82, 2.24) is 0 Å². The number of hydrogen-bond acceptors (Lipinski definition) is 58. The highest BCUT2D eigenvalue weighted by Crippen LogP contribution is 2.43. The van der Waals surface area contributed by atoms with Crippen molar-refractivity contribution in [2.24, 2.45) is 0 Å². The van der Waals surface area contributed by atoms with Gasteiger partial charge in [-0.1, -0.05) is 0 Å². The lowest BCUT2D eigenvalue weighted by atomic mass is 9.94. The molecule has 13 unspecified atom stereocenters. The lowest BCUT2D eigenvalue weighted by molar-refractivity contribution is -0.778. The van der Waals surface area contributed by atoms with Gasteiger partial charge in [0, 0.05) is 85.3 Å². The molecule has 31 atom stereocenters. The molecule has 6 rings (SSSR count). The van der Waals surface area contributed by atoms with E-state index in [1.54, 1.807) is 0 Å². The Labute approximate surface area is 647 Å². The van der Waals surface area contributed by atoms with E-state index in [0.29, 0.717) is 0 Å². The van der Waals surface area contributed by atoms with Crippen LogP contribution in [0.4, 0.5) is 0 Å². The predicted octanol–water partition coefficient (Wildman–Crippen LogP) is -9.99. The van der Waals surface area contributed by atoms with Crippen molar-refractivity contribution in [2.75, 3.05) is 125 Å². The highest BCUT2D eigenvalue weighted by Gasteiger charge is 2.62. The van der Waals surface area contributed by atoms with Gasteiger partial charge >= 0.3 is 0 Å². The van der Waals surface area contributed by atoms with Crippen LogP contribution < -0.4 is 21.0 Å². The third kappa shape index (κ3) is 28.1. The van der Waals surface area contributed by atoms with Crippen molar-refractivity contribution < 1.29 is 253 Å². The Morgan fingerprint density at radius 3 is 0.865 bits per heavy atom. The van der Waals surface area contributed by atoms with Crippen LogP contribution in [0.2, 0.25) is 0 Å². The van der Waals surface area contributed by atoms with Crippen LogP contribution in [0.25, 0.3) is 0 Å². The molecular formula is C48H78O55S8-8. The van der Waals surface area contributed by atoms with Crippen LogP contribution >= 0.6 is 37.0 Å². The van der Waals surface area contributed by atoms with E-state index in [2.05, 4.69) is 50.0 Å². The maximum atomic E-state index is 13.5. The molecule has 0 bridgehead atoms. The Morgan fingerprint density at radius 2 is 0.568 bits per heavy atom. The summed E-state index contributed by atoms with van der Waals surface area (Å²) in [4.78, 5) is 0. The lowest BCUT2D eigenvalue weighted by Gasteiger charge is -2.52. The van der Waals surface area contributed by atoms with Crippen molar-refractivity contribution in [3.63, 3.8) is 0 Å². The quantitative estimate of drug-likeness (QED) is 0.0136. The molecule has 0 aromatic rings. The Kier molecular flexibility index (Phi) is 42.8. The van der Waals surface area contributed by atoms with Crippen molar-refractivity contribution >= 4 is 89.6 Å². The molecule has 6 saturated heterocycles.